The Morgan fingerprint density at radius 2 is 1.62 bits per heavy atom. The fourth-order valence-corrected chi connectivity index (χ4v) is 3.89. The van der Waals surface area contributed by atoms with E-state index in [1.807, 2.05) is 60.0 Å². The van der Waals surface area contributed by atoms with Crippen molar-refractivity contribution in [2.45, 2.75) is 26.4 Å². The van der Waals surface area contributed by atoms with Crippen molar-refractivity contribution in [1.82, 2.24) is 5.32 Å². The molecular weight excluding hydrogens is 386 g/mol. The molecule has 0 radical (unpaired) electrons. The molecule has 5 nitrogen and oxygen atoms in total. The second-order valence-corrected chi connectivity index (χ2v) is 8.29. The fraction of sp³-hybridized carbons (Fsp3) is 0.217. The van der Waals surface area contributed by atoms with Gasteiger partial charge >= 0.3 is 12.1 Å². The number of fused-ring (bicyclic) bond motifs is 1. The number of carbonyl (C=O) groups excluding carboxylic acids is 2. The van der Waals surface area contributed by atoms with Gasteiger partial charge in [0, 0.05) is 21.2 Å². The normalized spacial score (nSPS) is 12.3. The highest BCUT2D eigenvalue weighted by Crippen LogP contribution is 2.36. The molecule has 6 heteroatoms. The SMILES string of the molecule is COC(=O)/C(NC(=O)OC(C)(C)C)=C(/c1ccccc1)c1csc2ccccc12. The summed E-state index contributed by atoms with van der Waals surface area (Å²) in [5.74, 6) is -0.648. The van der Waals surface area contributed by atoms with Gasteiger partial charge in [-0.05, 0) is 37.8 Å². The third kappa shape index (κ3) is 4.84. The largest absolute Gasteiger partial charge is 0.464 e. The van der Waals surface area contributed by atoms with Crippen LogP contribution in [0, 0.1) is 0 Å². The van der Waals surface area contributed by atoms with Crippen LogP contribution in [0.1, 0.15) is 31.9 Å². The number of thiophene rings is 1. The fourth-order valence-electron chi connectivity index (χ4n) is 2.93. The minimum atomic E-state index is -0.717. The molecule has 0 saturated carbocycles. The summed E-state index contributed by atoms with van der Waals surface area (Å²) in [7, 11) is 1.29. The molecule has 0 spiro atoms. The van der Waals surface area contributed by atoms with Crippen LogP contribution in [-0.4, -0.2) is 24.8 Å². The van der Waals surface area contributed by atoms with Gasteiger partial charge in [-0.2, -0.15) is 0 Å². The number of hydrogen-bond donors (Lipinski definition) is 1. The van der Waals surface area contributed by atoms with Crippen molar-refractivity contribution in [2.24, 2.45) is 0 Å². The van der Waals surface area contributed by atoms with E-state index < -0.39 is 17.7 Å². The second kappa shape index (κ2) is 8.49. The van der Waals surface area contributed by atoms with E-state index in [0.717, 1.165) is 21.2 Å². The number of rotatable bonds is 4. The van der Waals surface area contributed by atoms with Gasteiger partial charge in [-0.3, -0.25) is 5.32 Å². The zero-order valence-corrected chi connectivity index (χ0v) is 17.6. The van der Waals surface area contributed by atoms with Crippen molar-refractivity contribution in [3.63, 3.8) is 0 Å². The zero-order chi connectivity index (χ0) is 21.0. The van der Waals surface area contributed by atoms with Crippen molar-refractivity contribution >= 4 is 39.1 Å². The summed E-state index contributed by atoms with van der Waals surface area (Å²) in [6.45, 7) is 5.29. The van der Waals surface area contributed by atoms with Crippen LogP contribution in [0.2, 0.25) is 0 Å². The number of carbonyl (C=O) groups is 2. The van der Waals surface area contributed by atoms with E-state index >= 15 is 0 Å². The Kier molecular flexibility index (Phi) is 6.03. The first-order chi connectivity index (χ1) is 13.8. The van der Waals surface area contributed by atoms with Gasteiger partial charge < -0.3 is 9.47 Å². The minimum Gasteiger partial charge on any atom is -0.464 e. The van der Waals surface area contributed by atoms with Gasteiger partial charge in [0.25, 0.3) is 0 Å². The number of ether oxygens (including phenoxy) is 2. The number of hydrogen-bond acceptors (Lipinski definition) is 5. The summed E-state index contributed by atoms with van der Waals surface area (Å²) in [5.41, 5.74) is 1.55. The van der Waals surface area contributed by atoms with E-state index in [1.165, 1.54) is 7.11 Å². The molecule has 1 N–H and O–H groups in total. The summed E-state index contributed by atoms with van der Waals surface area (Å²) in [6.07, 6.45) is -0.717. The summed E-state index contributed by atoms with van der Waals surface area (Å²) < 4.78 is 11.4. The lowest BCUT2D eigenvalue weighted by molar-refractivity contribution is -0.136. The van der Waals surface area contributed by atoms with Gasteiger partial charge in [0.15, 0.2) is 0 Å². The van der Waals surface area contributed by atoms with Crippen molar-refractivity contribution in [1.29, 1.82) is 0 Å². The van der Waals surface area contributed by atoms with E-state index in [-0.39, 0.29) is 5.70 Å². The molecule has 2 aromatic carbocycles. The molecule has 0 aliphatic heterocycles. The average molecular weight is 410 g/mol. The molecule has 1 amide bonds. The van der Waals surface area contributed by atoms with Crippen molar-refractivity contribution in [3.8, 4) is 0 Å². The smallest absolute Gasteiger partial charge is 0.412 e. The van der Waals surface area contributed by atoms with Crippen molar-refractivity contribution in [2.75, 3.05) is 7.11 Å². The van der Waals surface area contributed by atoms with Gasteiger partial charge in [0.1, 0.15) is 11.3 Å². The number of nitrogens with one attached hydrogen (secondary N) is 1. The van der Waals surface area contributed by atoms with Gasteiger partial charge in [0.05, 0.1) is 7.11 Å². The summed E-state index contributed by atoms with van der Waals surface area (Å²) in [5, 5.41) is 5.59. The van der Waals surface area contributed by atoms with E-state index in [2.05, 4.69) is 5.32 Å². The highest BCUT2D eigenvalue weighted by molar-refractivity contribution is 7.17. The molecule has 1 heterocycles. The monoisotopic (exact) mass is 409 g/mol. The Bertz CT molecular complexity index is 1060. The zero-order valence-electron chi connectivity index (χ0n) is 16.8. The predicted octanol–water partition coefficient (Wildman–Crippen LogP) is 5.36. The van der Waals surface area contributed by atoms with Crippen LogP contribution in [0.15, 0.2) is 65.7 Å². The Morgan fingerprint density at radius 1 is 0.966 bits per heavy atom. The third-order valence-corrected chi connectivity index (χ3v) is 5.04. The number of amides is 1. The van der Waals surface area contributed by atoms with E-state index in [1.54, 1.807) is 32.1 Å². The van der Waals surface area contributed by atoms with Gasteiger partial charge in [-0.15, -0.1) is 11.3 Å². The van der Waals surface area contributed by atoms with Crippen molar-refractivity contribution in [3.05, 3.63) is 76.8 Å². The molecule has 0 fully saturated rings. The third-order valence-electron chi connectivity index (χ3n) is 4.08. The summed E-state index contributed by atoms with van der Waals surface area (Å²) >= 11 is 1.57. The van der Waals surface area contributed by atoms with Crippen LogP contribution in [-0.2, 0) is 14.3 Å². The molecule has 3 aromatic rings. The number of benzene rings is 2. The molecule has 3 rings (SSSR count). The molecule has 0 aliphatic carbocycles. The van der Waals surface area contributed by atoms with Crippen LogP contribution in [0.25, 0.3) is 15.7 Å². The lowest BCUT2D eigenvalue weighted by atomic mass is 9.95. The highest BCUT2D eigenvalue weighted by atomic mass is 32.1. The van der Waals surface area contributed by atoms with Crippen LogP contribution in [0.3, 0.4) is 0 Å². The average Bonchev–Trinajstić information content (AvgIpc) is 3.10. The van der Waals surface area contributed by atoms with Gasteiger partial charge in [-0.1, -0.05) is 48.5 Å². The van der Waals surface area contributed by atoms with Crippen LogP contribution in [0.5, 0.6) is 0 Å². The van der Waals surface area contributed by atoms with E-state index in [9.17, 15) is 9.59 Å². The molecule has 29 heavy (non-hydrogen) atoms. The maximum Gasteiger partial charge on any atom is 0.412 e. The standard InChI is InChI=1S/C23H23NO4S/c1-23(2,3)28-22(26)24-20(21(25)27-4)19(15-10-6-5-7-11-15)17-14-29-18-13-9-8-12-16(17)18/h5-14H,1-4H3,(H,24,26)/b20-19+. The quantitative estimate of drug-likeness (QED) is 0.465. The number of methoxy groups -OCH3 is 1. The molecule has 0 aliphatic rings. The topological polar surface area (TPSA) is 64.6 Å². The molecule has 1 aromatic heterocycles. The highest BCUT2D eigenvalue weighted by Gasteiger charge is 2.25. The lowest BCUT2D eigenvalue weighted by Gasteiger charge is -2.21. The molecule has 0 bridgehead atoms. The Hall–Kier alpha value is -3.12. The first-order valence-corrected chi connectivity index (χ1v) is 10.0. The maximum absolute atomic E-state index is 12.7. The first kappa shape index (κ1) is 20.6. The first-order valence-electron chi connectivity index (χ1n) is 9.15. The minimum absolute atomic E-state index is 0.0384. The molecule has 150 valence electrons. The maximum atomic E-state index is 12.7. The molecular formula is C23H23NO4S. The summed E-state index contributed by atoms with van der Waals surface area (Å²) in [6, 6.07) is 17.4. The molecule has 0 saturated heterocycles. The molecule has 0 atom stereocenters. The second-order valence-electron chi connectivity index (χ2n) is 7.38. The van der Waals surface area contributed by atoms with Crippen LogP contribution >= 0.6 is 11.3 Å². The van der Waals surface area contributed by atoms with Crippen LogP contribution < -0.4 is 5.32 Å². The summed E-state index contributed by atoms with van der Waals surface area (Å²) in [4.78, 5) is 25.2. The number of alkyl carbamates (subject to hydrolysis) is 1. The molecule has 0 unspecified atom stereocenters. The van der Waals surface area contributed by atoms with Gasteiger partial charge in [-0.25, -0.2) is 9.59 Å². The Labute approximate surface area is 174 Å². The van der Waals surface area contributed by atoms with Crippen molar-refractivity contribution < 1.29 is 19.1 Å². The van der Waals surface area contributed by atoms with E-state index in [0.29, 0.717) is 5.57 Å². The van der Waals surface area contributed by atoms with Gasteiger partial charge in [0.2, 0.25) is 0 Å². The Morgan fingerprint density at radius 3 is 2.28 bits per heavy atom. The van der Waals surface area contributed by atoms with Crippen LogP contribution in [0.4, 0.5) is 4.79 Å². The Balaban J connectivity index is 2.23. The predicted molar refractivity (Wildman–Crippen MR) is 116 cm³/mol. The lowest BCUT2D eigenvalue weighted by Crippen LogP contribution is -2.35. The number of esters is 1. The van der Waals surface area contributed by atoms with E-state index in [4.69, 9.17) is 9.47 Å².